The van der Waals surface area contributed by atoms with E-state index >= 15 is 0 Å². The smallest absolute Gasteiger partial charge is 0.352 e. The minimum Gasteiger partial charge on any atom is -0.477 e. The van der Waals surface area contributed by atoms with Gasteiger partial charge in [-0.2, -0.15) is 0 Å². The summed E-state index contributed by atoms with van der Waals surface area (Å²) in [5.74, 6) is -1.49. The van der Waals surface area contributed by atoms with Crippen molar-refractivity contribution in [3.63, 3.8) is 0 Å². The molecule has 5 nitrogen and oxygen atoms in total. The van der Waals surface area contributed by atoms with Crippen molar-refractivity contribution in [2.45, 2.75) is 13.0 Å². The number of aromatic nitrogens is 1. The van der Waals surface area contributed by atoms with Crippen molar-refractivity contribution < 1.29 is 18.7 Å². The maximum absolute atomic E-state index is 12.2. The molecule has 1 aromatic heterocycles. The minimum atomic E-state index is -2.93. The Hall–Kier alpha value is -1.76. The zero-order valence-corrected chi connectivity index (χ0v) is 7.46. The Bertz CT molecular complexity index is 442. The molecule has 82 valence electrons. The molecule has 0 aromatic carbocycles. The van der Waals surface area contributed by atoms with Crippen molar-refractivity contribution in [2.75, 3.05) is 0 Å². The van der Waals surface area contributed by atoms with Crippen molar-refractivity contribution in [3.05, 3.63) is 33.2 Å². The molecule has 1 rings (SSSR count). The SMILES string of the molecule is NCc1c(C(=O)O)[nH]c(C(F)F)cc1=O. The van der Waals surface area contributed by atoms with Crippen LogP contribution in [0, 0.1) is 0 Å². The molecular formula is C8H8F2N2O3. The van der Waals surface area contributed by atoms with Crippen LogP contribution in [0.3, 0.4) is 0 Å². The van der Waals surface area contributed by atoms with Gasteiger partial charge in [0.25, 0.3) is 6.43 Å². The highest BCUT2D eigenvalue weighted by atomic mass is 19.3. The number of aromatic carboxylic acids is 1. The number of pyridine rings is 1. The van der Waals surface area contributed by atoms with Gasteiger partial charge in [0.05, 0.1) is 5.69 Å². The van der Waals surface area contributed by atoms with E-state index in [0.29, 0.717) is 6.07 Å². The zero-order valence-electron chi connectivity index (χ0n) is 7.46. The number of rotatable bonds is 3. The summed E-state index contributed by atoms with van der Waals surface area (Å²) in [5.41, 5.74) is 2.82. The van der Waals surface area contributed by atoms with Crippen LogP contribution in [0.4, 0.5) is 8.78 Å². The number of alkyl halides is 2. The van der Waals surface area contributed by atoms with E-state index in [1.54, 1.807) is 0 Å². The predicted octanol–water partition coefficient (Wildman–Crippen LogP) is 0.469. The third-order valence-corrected chi connectivity index (χ3v) is 1.81. The van der Waals surface area contributed by atoms with Crippen LogP contribution in [0.25, 0.3) is 0 Å². The van der Waals surface area contributed by atoms with Crippen molar-refractivity contribution in [1.29, 1.82) is 0 Å². The average Bonchev–Trinajstić information content (AvgIpc) is 2.16. The van der Waals surface area contributed by atoms with E-state index in [4.69, 9.17) is 10.8 Å². The minimum absolute atomic E-state index is 0.216. The molecule has 0 amide bonds. The molecular weight excluding hydrogens is 210 g/mol. The quantitative estimate of drug-likeness (QED) is 0.687. The number of nitrogens with two attached hydrogens (primary N) is 1. The maximum atomic E-state index is 12.2. The fourth-order valence-electron chi connectivity index (χ4n) is 1.11. The topological polar surface area (TPSA) is 96.2 Å². The van der Waals surface area contributed by atoms with E-state index in [9.17, 15) is 18.4 Å². The summed E-state index contributed by atoms with van der Waals surface area (Å²) in [6, 6.07) is 0.652. The van der Waals surface area contributed by atoms with E-state index in [1.165, 1.54) is 0 Å². The van der Waals surface area contributed by atoms with Gasteiger partial charge in [-0.1, -0.05) is 0 Å². The number of carbonyl (C=O) groups is 1. The predicted molar refractivity (Wildman–Crippen MR) is 46.9 cm³/mol. The Labute approximate surface area is 82.5 Å². The van der Waals surface area contributed by atoms with Crippen molar-refractivity contribution in [1.82, 2.24) is 4.98 Å². The standard InChI is InChI=1S/C8H8F2N2O3/c9-7(10)4-1-5(13)3(2-11)6(12-4)8(14)15/h1,7H,2,11H2,(H,12,13)(H,14,15). The summed E-state index contributed by atoms with van der Waals surface area (Å²) < 4.78 is 24.5. The van der Waals surface area contributed by atoms with Crippen LogP contribution < -0.4 is 11.2 Å². The Morgan fingerprint density at radius 1 is 1.60 bits per heavy atom. The highest BCUT2D eigenvalue weighted by molar-refractivity contribution is 5.87. The third-order valence-electron chi connectivity index (χ3n) is 1.81. The lowest BCUT2D eigenvalue weighted by Crippen LogP contribution is -2.21. The molecule has 4 N–H and O–H groups in total. The average molecular weight is 218 g/mol. The van der Waals surface area contributed by atoms with E-state index in [0.717, 1.165) is 0 Å². The number of carboxylic acids is 1. The first-order chi connectivity index (χ1) is 6.97. The van der Waals surface area contributed by atoms with Gasteiger partial charge in [-0.05, 0) is 0 Å². The summed E-state index contributed by atoms with van der Waals surface area (Å²) in [5, 5.41) is 8.66. The second kappa shape index (κ2) is 4.18. The van der Waals surface area contributed by atoms with Gasteiger partial charge in [0.15, 0.2) is 5.43 Å². The first-order valence-electron chi connectivity index (χ1n) is 3.95. The largest absolute Gasteiger partial charge is 0.477 e. The van der Waals surface area contributed by atoms with E-state index in [2.05, 4.69) is 0 Å². The van der Waals surface area contributed by atoms with Crippen LogP contribution in [-0.4, -0.2) is 16.1 Å². The van der Waals surface area contributed by atoms with Crippen LogP contribution in [0.1, 0.15) is 28.2 Å². The molecule has 0 aliphatic rings. The van der Waals surface area contributed by atoms with Crippen molar-refractivity contribution in [3.8, 4) is 0 Å². The molecule has 15 heavy (non-hydrogen) atoms. The molecule has 0 atom stereocenters. The third kappa shape index (κ3) is 2.18. The van der Waals surface area contributed by atoms with Crippen LogP contribution in [-0.2, 0) is 6.54 Å². The van der Waals surface area contributed by atoms with Gasteiger partial charge in [-0.3, -0.25) is 4.79 Å². The number of nitrogens with one attached hydrogen (secondary N) is 1. The van der Waals surface area contributed by atoms with Crippen molar-refractivity contribution >= 4 is 5.97 Å². The molecule has 0 bridgehead atoms. The monoisotopic (exact) mass is 218 g/mol. The first-order valence-corrected chi connectivity index (χ1v) is 3.95. The fraction of sp³-hybridized carbons (Fsp3) is 0.250. The molecule has 7 heteroatoms. The Morgan fingerprint density at radius 3 is 2.60 bits per heavy atom. The van der Waals surface area contributed by atoms with Gasteiger partial charge in [0.2, 0.25) is 0 Å². The second-order valence-corrected chi connectivity index (χ2v) is 2.75. The molecule has 0 saturated heterocycles. The molecule has 0 radical (unpaired) electrons. The van der Waals surface area contributed by atoms with E-state index in [-0.39, 0.29) is 12.1 Å². The van der Waals surface area contributed by atoms with Crippen LogP contribution in [0.5, 0.6) is 0 Å². The lowest BCUT2D eigenvalue weighted by Gasteiger charge is -2.06. The fourth-order valence-corrected chi connectivity index (χ4v) is 1.11. The molecule has 0 aliphatic carbocycles. The Kier molecular flexibility index (Phi) is 3.15. The van der Waals surface area contributed by atoms with E-state index < -0.39 is 29.2 Å². The van der Waals surface area contributed by atoms with Gasteiger partial charge < -0.3 is 15.8 Å². The number of hydrogen-bond acceptors (Lipinski definition) is 3. The van der Waals surface area contributed by atoms with Gasteiger partial charge >= 0.3 is 5.97 Å². The van der Waals surface area contributed by atoms with Gasteiger partial charge in [-0.25, -0.2) is 13.6 Å². The van der Waals surface area contributed by atoms with Gasteiger partial charge in [-0.15, -0.1) is 0 Å². The molecule has 1 heterocycles. The highest BCUT2D eigenvalue weighted by Crippen LogP contribution is 2.15. The molecule has 0 spiro atoms. The summed E-state index contributed by atoms with van der Waals surface area (Å²) in [7, 11) is 0. The molecule has 1 aromatic rings. The lowest BCUT2D eigenvalue weighted by atomic mass is 10.1. The maximum Gasteiger partial charge on any atom is 0.352 e. The second-order valence-electron chi connectivity index (χ2n) is 2.75. The van der Waals surface area contributed by atoms with E-state index in [1.807, 2.05) is 4.98 Å². The number of H-pyrrole nitrogens is 1. The lowest BCUT2D eigenvalue weighted by molar-refractivity contribution is 0.0687. The summed E-state index contributed by atoms with van der Waals surface area (Å²) in [6.07, 6.45) is -2.93. The molecule has 0 fully saturated rings. The molecule has 0 saturated carbocycles. The zero-order chi connectivity index (χ0) is 11.6. The summed E-state index contributed by atoms with van der Waals surface area (Å²) in [4.78, 5) is 23.8. The Balaban J connectivity index is 3.46. The van der Waals surface area contributed by atoms with Gasteiger partial charge in [0.1, 0.15) is 5.69 Å². The van der Waals surface area contributed by atoms with Gasteiger partial charge in [0, 0.05) is 18.2 Å². The normalized spacial score (nSPS) is 10.7. The van der Waals surface area contributed by atoms with Crippen LogP contribution in [0.15, 0.2) is 10.9 Å². The summed E-state index contributed by atoms with van der Waals surface area (Å²) in [6.45, 7) is -0.319. The molecule has 0 aliphatic heterocycles. The number of carboxylic acid groups (broad SMARTS) is 1. The first kappa shape index (κ1) is 11.3. The number of halogens is 2. The Morgan fingerprint density at radius 2 is 2.20 bits per heavy atom. The van der Waals surface area contributed by atoms with Crippen molar-refractivity contribution in [2.24, 2.45) is 5.73 Å². The number of aromatic amines is 1. The summed E-state index contributed by atoms with van der Waals surface area (Å²) >= 11 is 0. The number of hydrogen-bond donors (Lipinski definition) is 3. The highest BCUT2D eigenvalue weighted by Gasteiger charge is 2.17. The molecule has 0 unspecified atom stereocenters. The van der Waals surface area contributed by atoms with Crippen LogP contribution in [0.2, 0.25) is 0 Å². The van der Waals surface area contributed by atoms with Crippen LogP contribution >= 0.6 is 0 Å².